The first-order valence-electron chi connectivity index (χ1n) is 3.40. The lowest BCUT2D eigenvalue weighted by Gasteiger charge is -1.99. The molecule has 0 spiro atoms. The molecule has 2 N–H and O–H groups in total. The molecule has 0 aliphatic carbocycles. The molecular weight excluding hydrogens is 128 g/mol. The van der Waals surface area contributed by atoms with Crippen molar-refractivity contribution in [1.82, 2.24) is 10.6 Å². The molecule has 0 fully saturated rings. The van der Waals surface area contributed by atoms with Crippen LogP contribution in [0.15, 0.2) is 12.7 Å². The Morgan fingerprint density at radius 2 is 2.20 bits per heavy atom. The predicted octanol–water partition coefficient (Wildman–Crippen LogP) is -0.102. The number of hydrogen-bond donors (Lipinski definition) is 2. The molecular formula is C7H14N2O. The number of carbonyl (C=O) groups is 1. The fourth-order valence-corrected chi connectivity index (χ4v) is 0.579. The van der Waals surface area contributed by atoms with Crippen LogP contribution in [0.2, 0.25) is 0 Å². The van der Waals surface area contributed by atoms with Crippen molar-refractivity contribution in [2.24, 2.45) is 0 Å². The highest BCUT2D eigenvalue weighted by Gasteiger charge is 1.83. The van der Waals surface area contributed by atoms with Crippen LogP contribution in [-0.4, -0.2) is 26.0 Å². The minimum atomic E-state index is 0.716. The number of carbonyl (C=O) groups excluding carboxylic acids is 1. The molecule has 0 atom stereocenters. The van der Waals surface area contributed by atoms with Gasteiger partial charge in [-0.1, -0.05) is 6.08 Å². The Hall–Kier alpha value is -0.830. The highest BCUT2D eigenvalue weighted by Crippen LogP contribution is 1.70. The molecule has 0 aromatic carbocycles. The van der Waals surface area contributed by atoms with Crippen molar-refractivity contribution < 1.29 is 4.79 Å². The van der Waals surface area contributed by atoms with E-state index in [-0.39, 0.29) is 0 Å². The second kappa shape index (κ2) is 8.17. The van der Waals surface area contributed by atoms with Gasteiger partial charge in [0, 0.05) is 13.1 Å². The molecule has 0 aromatic heterocycles. The van der Waals surface area contributed by atoms with Gasteiger partial charge in [-0.2, -0.15) is 0 Å². The zero-order valence-electron chi connectivity index (χ0n) is 6.10. The van der Waals surface area contributed by atoms with E-state index < -0.39 is 0 Å². The summed E-state index contributed by atoms with van der Waals surface area (Å²) in [5, 5.41) is 5.70. The normalized spacial score (nSPS) is 8.80. The van der Waals surface area contributed by atoms with Crippen molar-refractivity contribution >= 4 is 6.41 Å². The van der Waals surface area contributed by atoms with Gasteiger partial charge in [-0.05, 0) is 13.0 Å². The van der Waals surface area contributed by atoms with E-state index in [0.717, 1.165) is 26.1 Å². The van der Waals surface area contributed by atoms with E-state index in [0.29, 0.717) is 6.41 Å². The van der Waals surface area contributed by atoms with E-state index in [1.807, 2.05) is 6.08 Å². The summed E-state index contributed by atoms with van der Waals surface area (Å²) < 4.78 is 0. The highest BCUT2D eigenvalue weighted by molar-refractivity contribution is 5.45. The third-order valence-electron chi connectivity index (χ3n) is 1.05. The summed E-state index contributed by atoms with van der Waals surface area (Å²) in [6, 6.07) is 0. The average molecular weight is 142 g/mol. The molecule has 0 saturated heterocycles. The van der Waals surface area contributed by atoms with Crippen LogP contribution in [-0.2, 0) is 4.79 Å². The molecule has 0 aromatic rings. The second-order valence-corrected chi connectivity index (χ2v) is 1.92. The standard InChI is InChI=1S/C7H14N2O/c1-2-4-8-5-3-6-9-7-10/h2,7-8H,1,3-6H2,(H,9,10). The van der Waals surface area contributed by atoms with Crippen LogP contribution in [0.1, 0.15) is 6.42 Å². The Morgan fingerprint density at radius 1 is 1.40 bits per heavy atom. The lowest BCUT2D eigenvalue weighted by molar-refractivity contribution is -0.109. The second-order valence-electron chi connectivity index (χ2n) is 1.92. The van der Waals surface area contributed by atoms with Gasteiger partial charge in [-0.3, -0.25) is 4.79 Å². The van der Waals surface area contributed by atoms with Gasteiger partial charge >= 0.3 is 0 Å². The van der Waals surface area contributed by atoms with E-state index in [4.69, 9.17) is 0 Å². The lowest BCUT2D eigenvalue weighted by atomic mass is 10.4. The number of rotatable bonds is 7. The van der Waals surface area contributed by atoms with Crippen molar-refractivity contribution in [2.75, 3.05) is 19.6 Å². The van der Waals surface area contributed by atoms with Crippen LogP contribution in [0, 0.1) is 0 Å². The van der Waals surface area contributed by atoms with E-state index in [9.17, 15) is 4.79 Å². The van der Waals surface area contributed by atoms with Crippen LogP contribution < -0.4 is 10.6 Å². The molecule has 3 nitrogen and oxygen atoms in total. The molecule has 10 heavy (non-hydrogen) atoms. The third-order valence-corrected chi connectivity index (χ3v) is 1.05. The van der Waals surface area contributed by atoms with Gasteiger partial charge < -0.3 is 10.6 Å². The molecule has 3 heteroatoms. The topological polar surface area (TPSA) is 41.1 Å². The Balaban J connectivity index is 2.76. The van der Waals surface area contributed by atoms with Gasteiger partial charge in [0.25, 0.3) is 0 Å². The maximum Gasteiger partial charge on any atom is 0.207 e. The Bertz CT molecular complexity index is 81.6. The van der Waals surface area contributed by atoms with Gasteiger partial charge in [0.05, 0.1) is 0 Å². The van der Waals surface area contributed by atoms with Crippen LogP contribution in [0.25, 0.3) is 0 Å². The molecule has 0 aliphatic heterocycles. The van der Waals surface area contributed by atoms with Gasteiger partial charge in [0.15, 0.2) is 0 Å². The summed E-state index contributed by atoms with van der Waals surface area (Å²) in [6.45, 7) is 6.06. The first kappa shape index (κ1) is 9.17. The number of nitrogens with one attached hydrogen (secondary N) is 2. The van der Waals surface area contributed by atoms with Crippen molar-refractivity contribution in [3.8, 4) is 0 Å². The van der Waals surface area contributed by atoms with E-state index in [1.54, 1.807) is 0 Å². The lowest BCUT2D eigenvalue weighted by Crippen LogP contribution is -2.20. The van der Waals surface area contributed by atoms with E-state index >= 15 is 0 Å². The van der Waals surface area contributed by atoms with Crippen molar-refractivity contribution in [3.05, 3.63) is 12.7 Å². The van der Waals surface area contributed by atoms with Crippen LogP contribution in [0.5, 0.6) is 0 Å². The highest BCUT2D eigenvalue weighted by atomic mass is 16.1. The number of amides is 1. The first-order valence-corrected chi connectivity index (χ1v) is 3.40. The molecule has 0 rings (SSSR count). The van der Waals surface area contributed by atoms with Gasteiger partial charge in [0.2, 0.25) is 6.41 Å². The zero-order chi connectivity index (χ0) is 7.66. The minimum absolute atomic E-state index is 0.716. The molecule has 1 amide bonds. The molecule has 0 heterocycles. The fraction of sp³-hybridized carbons (Fsp3) is 0.571. The molecule has 0 saturated carbocycles. The molecule has 0 bridgehead atoms. The summed E-state index contributed by atoms with van der Waals surface area (Å²) >= 11 is 0. The quantitative estimate of drug-likeness (QED) is 0.296. The van der Waals surface area contributed by atoms with Gasteiger partial charge in [-0.15, -0.1) is 6.58 Å². The minimum Gasteiger partial charge on any atom is -0.359 e. The van der Waals surface area contributed by atoms with E-state index in [2.05, 4.69) is 17.2 Å². The third kappa shape index (κ3) is 7.17. The molecule has 0 radical (unpaired) electrons. The summed E-state index contributed by atoms with van der Waals surface area (Å²) in [6.07, 6.45) is 3.49. The predicted molar refractivity (Wildman–Crippen MR) is 41.8 cm³/mol. The van der Waals surface area contributed by atoms with Gasteiger partial charge in [-0.25, -0.2) is 0 Å². The average Bonchev–Trinajstić information content (AvgIpc) is 1.97. The maximum absolute atomic E-state index is 9.75. The molecule has 0 aliphatic rings. The van der Waals surface area contributed by atoms with Gasteiger partial charge in [0.1, 0.15) is 0 Å². The van der Waals surface area contributed by atoms with Crippen LogP contribution >= 0.6 is 0 Å². The Morgan fingerprint density at radius 3 is 2.80 bits per heavy atom. The summed E-state index contributed by atoms with van der Waals surface area (Å²) in [4.78, 5) is 9.75. The maximum atomic E-state index is 9.75. The first-order chi connectivity index (χ1) is 4.91. The van der Waals surface area contributed by atoms with Crippen molar-refractivity contribution in [1.29, 1.82) is 0 Å². The smallest absolute Gasteiger partial charge is 0.207 e. The Kier molecular flexibility index (Phi) is 7.49. The largest absolute Gasteiger partial charge is 0.359 e. The summed E-state index contributed by atoms with van der Waals surface area (Å²) in [5.74, 6) is 0. The zero-order valence-corrected chi connectivity index (χ0v) is 6.10. The van der Waals surface area contributed by atoms with E-state index in [1.165, 1.54) is 0 Å². The molecule has 58 valence electrons. The SMILES string of the molecule is C=CCNCCCNC=O. The van der Waals surface area contributed by atoms with Crippen molar-refractivity contribution in [3.63, 3.8) is 0 Å². The fourth-order valence-electron chi connectivity index (χ4n) is 0.579. The monoisotopic (exact) mass is 142 g/mol. The number of hydrogen-bond acceptors (Lipinski definition) is 2. The molecule has 0 unspecified atom stereocenters. The Labute approximate surface area is 61.5 Å². The van der Waals surface area contributed by atoms with Crippen molar-refractivity contribution in [2.45, 2.75) is 6.42 Å². The van der Waals surface area contributed by atoms with Crippen LogP contribution in [0.3, 0.4) is 0 Å². The summed E-state index contributed by atoms with van der Waals surface area (Å²) in [5.41, 5.74) is 0. The van der Waals surface area contributed by atoms with Crippen LogP contribution in [0.4, 0.5) is 0 Å². The summed E-state index contributed by atoms with van der Waals surface area (Å²) in [7, 11) is 0.